The number of fused-ring (bicyclic) bond motifs is 1. The van der Waals surface area contributed by atoms with Crippen LogP contribution in [0.1, 0.15) is 5.56 Å². The molecule has 2 rings (SSSR count). The Kier molecular flexibility index (Phi) is 3.08. The van der Waals surface area contributed by atoms with Crippen molar-refractivity contribution in [2.75, 3.05) is 14.1 Å². The van der Waals surface area contributed by atoms with Crippen LogP contribution in [-0.4, -0.2) is 19.0 Å². The van der Waals surface area contributed by atoms with Crippen LogP contribution in [0.4, 0.5) is 0 Å². The largest absolute Gasteiger partial charge is 0.305 e. The molecule has 0 aliphatic rings. The Bertz CT molecular complexity index is 472. The van der Waals surface area contributed by atoms with Crippen molar-refractivity contribution in [3.63, 3.8) is 0 Å². The number of rotatable bonds is 2. The third kappa shape index (κ3) is 2.21. The van der Waals surface area contributed by atoms with Gasteiger partial charge in [0.1, 0.15) is 0 Å². The zero-order valence-corrected chi connectivity index (χ0v) is 10.6. The van der Waals surface area contributed by atoms with Crippen LogP contribution >= 0.6 is 15.9 Å². The van der Waals surface area contributed by atoms with E-state index in [1.807, 2.05) is 0 Å². The molecule has 2 aromatic rings. The number of benzene rings is 2. The molecule has 0 unspecified atom stereocenters. The second-order valence-corrected chi connectivity index (χ2v) is 4.85. The van der Waals surface area contributed by atoms with E-state index in [0.717, 1.165) is 6.54 Å². The standard InChI is InChI=1S/C13H14BrN/c1-15(2)9-11-7-3-5-10-6-4-8-12(14)13(10)11/h3-8H,9H2,1-2H3. The molecule has 15 heavy (non-hydrogen) atoms. The van der Waals surface area contributed by atoms with Crippen LogP contribution in [0, 0.1) is 0 Å². The molecule has 0 atom stereocenters. The van der Waals surface area contributed by atoms with Crippen molar-refractivity contribution in [3.8, 4) is 0 Å². The summed E-state index contributed by atoms with van der Waals surface area (Å²) in [5, 5.41) is 2.62. The maximum atomic E-state index is 3.62. The zero-order chi connectivity index (χ0) is 10.8. The summed E-state index contributed by atoms with van der Waals surface area (Å²) in [6.07, 6.45) is 0. The Morgan fingerprint density at radius 2 is 1.73 bits per heavy atom. The fourth-order valence-electron chi connectivity index (χ4n) is 1.84. The molecule has 0 saturated heterocycles. The van der Waals surface area contributed by atoms with E-state index in [1.165, 1.54) is 20.8 Å². The predicted octanol–water partition coefficient (Wildman–Crippen LogP) is 3.66. The third-order valence-electron chi connectivity index (χ3n) is 2.43. The van der Waals surface area contributed by atoms with Crippen LogP contribution in [0.3, 0.4) is 0 Å². The highest BCUT2D eigenvalue weighted by molar-refractivity contribution is 9.10. The quantitative estimate of drug-likeness (QED) is 0.800. The van der Waals surface area contributed by atoms with Gasteiger partial charge >= 0.3 is 0 Å². The molecule has 0 aliphatic carbocycles. The van der Waals surface area contributed by atoms with Gasteiger partial charge in [-0.2, -0.15) is 0 Å². The molecule has 0 bridgehead atoms. The number of hydrogen-bond donors (Lipinski definition) is 0. The highest BCUT2D eigenvalue weighted by Gasteiger charge is 2.04. The van der Waals surface area contributed by atoms with Crippen LogP contribution in [0.15, 0.2) is 40.9 Å². The summed E-state index contributed by atoms with van der Waals surface area (Å²) in [6, 6.07) is 12.8. The lowest BCUT2D eigenvalue weighted by Gasteiger charge is -2.13. The van der Waals surface area contributed by atoms with E-state index >= 15 is 0 Å². The fraction of sp³-hybridized carbons (Fsp3) is 0.231. The maximum Gasteiger partial charge on any atom is 0.0256 e. The number of hydrogen-bond acceptors (Lipinski definition) is 1. The molecule has 2 heteroatoms. The molecule has 0 spiro atoms. The van der Waals surface area contributed by atoms with Gasteiger partial charge in [0.2, 0.25) is 0 Å². The highest BCUT2D eigenvalue weighted by Crippen LogP contribution is 2.27. The van der Waals surface area contributed by atoms with Crippen molar-refractivity contribution in [3.05, 3.63) is 46.4 Å². The van der Waals surface area contributed by atoms with Crippen molar-refractivity contribution < 1.29 is 0 Å². The summed E-state index contributed by atoms with van der Waals surface area (Å²) < 4.78 is 1.18. The molecule has 0 radical (unpaired) electrons. The average molecular weight is 264 g/mol. The molecule has 2 aromatic carbocycles. The first-order valence-corrected chi connectivity index (χ1v) is 5.78. The summed E-state index contributed by atoms with van der Waals surface area (Å²) >= 11 is 3.62. The van der Waals surface area contributed by atoms with Crippen molar-refractivity contribution in [2.45, 2.75) is 6.54 Å². The Hall–Kier alpha value is -0.860. The number of halogens is 1. The Labute approximate surface area is 98.8 Å². The van der Waals surface area contributed by atoms with E-state index in [4.69, 9.17) is 0 Å². The molecule has 0 aromatic heterocycles. The minimum absolute atomic E-state index is 0.972. The molecule has 0 saturated carbocycles. The van der Waals surface area contributed by atoms with Crippen LogP contribution in [0.2, 0.25) is 0 Å². The lowest BCUT2D eigenvalue weighted by Crippen LogP contribution is -2.10. The molecule has 1 nitrogen and oxygen atoms in total. The van der Waals surface area contributed by atoms with Gasteiger partial charge in [0.25, 0.3) is 0 Å². The molecule has 0 fully saturated rings. The monoisotopic (exact) mass is 263 g/mol. The highest BCUT2D eigenvalue weighted by atomic mass is 79.9. The summed E-state index contributed by atoms with van der Waals surface area (Å²) in [6.45, 7) is 0.972. The summed E-state index contributed by atoms with van der Waals surface area (Å²) in [4.78, 5) is 2.19. The van der Waals surface area contributed by atoms with E-state index in [2.05, 4.69) is 71.3 Å². The third-order valence-corrected chi connectivity index (χ3v) is 3.09. The van der Waals surface area contributed by atoms with Crippen LogP contribution < -0.4 is 0 Å². The van der Waals surface area contributed by atoms with E-state index in [1.54, 1.807) is 0 Å². The number of nitrogens with zero attached hydrogens (tertiary/aromatic N) is 1. The van der Waals surface area contributed by atoms with E-state index < -0.39 is 0 Å². The molecule has 78 valence electrons. The van der Waals surface area contributed by atoms with Gasteiger partial charge in [-0.25, -0.2) is 0 Å². The van der Waals surface area contributed by atoms with Gasteiger partial charge in [-0.05, 0) is 31.1 Å². The Morgan fingerprint density at radius 1 is 1.07 bits per heavy atom. The second kappa shape index (κ2) is 4.33. The van der Waals surface area contributed by atoms with Crippen LogP contribution in [0.5, 0.6) is 0 Å². The van der Waals surface area contributed by atoms with Gasteiger partial charge < -0.3 is 4.90 Å². The van der Waals surface area contributed by atoms with Gasteiger partial charge in [-0.3, -0.25) is 0 Å². The normalized spacial score (nSPS) is 11.2. The minimum atomic E-state index is 0.972. The summed E-state index contributed by atoms with van der Waals surface area (Å²) in [5.74, 6) is 0. The topological polar surface area (TPSA) is 3.24 Å². The Morgan fingerprint density at radius 3 is 2.40 bits per heavy atom. The zero-order valence-electron chi connectivity index (χ0n) is 9.00. The Balaban J connectivity index is 2.63. The molecular formula is C13H14BrN. The molecule has 0 aliphatic heterocycles. The van der Waals surface area contributed by atoms with Crippen molar-refractivity contribution in [1.82, 2.24) is 4.90 Å². The molecule has 0 heterocycles. The first-order chi connectivity index (χ1) is 7.18. The molecule has 0 N–H and O–H groups in total. The fourth-order valence-corrected chi connectivity index (χ4v) is 2.48. The van der Waals surface area contributed by atoms with Gasteiger partial charge in [0.05, 0.1) is 0 Å². The smallest absolute Gasteiger partial charge is 0.0256 e. The van der Waals surface area contributed by atoms with Gasteiger partial charge in [-0.1, -0.05) is 46.3 Å². The van der Waals surface area contributed by atoms with Gasteiger partial charge in [-0.15, -0.1) is 0 Å². The SMILES string of the molecule is CN(C)Cc1cccc2cccc(Br)c12. The van der Waals surface area contributed by atoms with Crippen LogP contribution in [0.25, 0.3) is 10.8 Å². The second-order valence-electron chi connectivity index (χ2n) is 3.99. The van der Waals surface area contributed by atoms with E-state index in [-0.39, 0.29) is 0 Å². The summed E-state index contributed by atoms with van der Waals surface area (Å²) in [7, 11) is 4.19. The predicted molar refractivity (Wildman–Crippen MR) is 69.0 cm³/mol. The van der Waals surface area contributed by atoms with Crippen molar-refractivity contribution >= 4 is 26.7 Å². The lowest BCUT2D eigenvalue weighted by atomic mass is 10.0. The first kappa shape index (κ1) is 10.7. The average Bonchev–Trinajstić information content (AvgIpc) is 2.17. The first-order valence-electron chi connectivity index (χ1n) is 4.99. The molecular weight excluding hydrogens is 250 g/mol. The maximum absolute atomic E-state index is 3.62. The minimum Gasteiger partial charge on any atom is -0.305 e. The van der Waals surface area contributed by atoms with Gasteiger partial charge in [0.15, 0.2) is 0 Å². The van der Waals surface area contributed by atoms with Crippen LogP contribution in [-0.2, 0) is 6.54 Å². The lowest BCUT2D eigenvalue weighted by molar-refractivity contribution is 0.404. The van der Waals surface area contributed by atoms with E-state index in [0.29, 0.717) is 0 Å². The molecule has 0 amide bonds. The van der Waals surface area contributed by atoms with Gasteiger partial charge in [0, 0.05) is 16.4 Å². The summed E-state index contributed by atoms with van der Waals surface area (Å²) in [5.41, 5.74) is 1.37. The van der Waals surface area contributed by atoms with Crippen molar-refractivity contribution in [1.29, 1.82) is 0 Å². The van der Waals surface area contributed by atoms with Crippen molar-refractivity contribution in [2.24, 2.45) is 0 Å². The van der Waals surface area contributed by atoms with E-state index in [9.17, 15) is 0 Å².